The Bertz CT molecular complexity index is 1380. The standard InChI is InChI=1S/C21H17Cl2N7O2/c1-11-17(22)18(23)19(24-11)20(31)25-15-7-6-14(30-21(32)26-27-28-30)8-16(15)29-9-12-4-2-3-5-13(12)10-29/h2-8,24H,9-10H2,1H3,(H,25,31)(H,26,28,32). The molecule has 0 fully saturated rings. The molecule has 3 heterocycles. The second-order valence-corrected chi connectivity index (χ2v) is 8.21. The zero-order valence-corrected chi connectivity index (χ0v) is 18.3. The minimum Gasteiger partial charge on any atom is -0.361 e. The summed E-state index contributed by atoms with van der Waals surface area (Å²) >= 11 is 12.3. The van der Waals surface area contributed by atoms with Gasteiger partial charge in [-0.15, -0.1) is 0 Å². The zero-order valence-electron chi connectivity index (χ0n) is 16.8. The molecule has 3 N–H and O–H groups in total. The lowest BCUT2D eigenvalue weighted by molar-refractivity contribution is 0.102. The minimum atomic E-state index is -0.458. The Balaban J connectivity index is 1.54. The summed E-state index contributed by atoms with van der Waals surface area (Å²) in [6.07, 6.45) is 0. The van der Waals surface area contributed by atoms with Crippen molar-refractivity contribution in [3.8, 4) is 5.69 Å². The van der Waals surface area contributed by atoms with Crippen molar-refractivity contribution in [3.63, 3.8) is 0 Å². The van der Waals surface area contributed by atoms with Crippen molar-refractivity contribution in [2.75, 3.05) is 10.2 Å². The maximum absolute atomic E-state index is 13.0. The fraction of sp³-hybridized carbons (Fsp3) is 0.143. The van der Waals surface area contributed by atoms with Crippen LogP contribution in [0.5, 0.6) is 0 Å². The van der Waals surface area contributed by atoms with E-state index in [2.05, 4.69) is 42.9 Å². The van der Waals surface area contributed by atoms with Crippen LogP contribution in [0, 0.1) is 6.92 Å². The first kappa shape index (κ1) is 20.3. The average molecular weight is 470 g/mol. The van der Waals surface area contributed by atoms with E-state index in [-0.39, 0.29) is 10.7 Å². The maximum Gasteiger partial charge on any atom is 0.365 e. The summed E-state index contributed by atoms with van der Waals surface area (Å²) < 4.78 is 1.16. The van der Waals surface area contributed by atoms with E-state index in [9.17, 15) is 9.59 Å². The van der Waals surface area contributed by atoms with Gasteiger partial charge in [-0.2, -0.15) is 4.68 Å². The van der Waals surface area contributed by atoms with E-state index in [0.29, 0.717) is 35.2 Å². The summed E-state index contributed by atoms with van der Waals surface area (Å²) in [6.45, 7) is 3.05. The average Bonchev–Trinajstić information content (AvgIpc) is 3.48. The highest BCUT2D eigenvalue weighted by Gasteiger charge is 2.24. The summed E-state index contributed by atoms with van der Waals surface area (Å²) in [4.78, 5) is 30.0. The Morgan fingerprint density at radius 3 is 2.41 bits per heavy atom. The highest BCUT2D eigenvalue weighted by molar-refractivity contribution is 6.44. The van der Waals surface area contributed by atoms with Crippen LogP contribution in [-0.4, -0.2) is 31.1 Å². The molecule has 9 nitrogen and oxygen atoms in total. The predicted octanol–water partition coefficient (Wildman–Crippen LogP) is 3.67. The number of anilines is 2. The monoisotopic (exact) mass is 469 g/mol. The third-order valence-corrected chi connectivity index (χ3v) is 6.36. The molecule has 2 aromatic heterocycles. The molecule has 2 aromatic carbocycles. The number of fused-ring (bicyclic) bond motifs is 1. The molecule has 4 aromatic rings. The first-order valence-corrected chi connectivity index (χ1v) is 10.5. The number of aromatic nitrogens is 5. The molecule has 162 valence electrons. The number of rotatable bonds is 4. The van der Waals surface area contributed by atoms with Crippen LogP contribution < -0.4 is 15.9 Å². The third kappa shape index (κ3) is 3.45. The summed E-state index contributed by atoms with van der Waals surface area (Å²) in [7, 11) is 0. The van der Waals surface area contributed by atoms with Crippen molar-refractivity contribution in [2.24, 2.45) is 0 Å². The first-order valence-electron chi connectivity index (χ1n) is 9.74. The molecule has 11 heteroatoms. The fourth-order valence-electron chi connectivity index (χ4n) is 3.80. The van der Waals surface area contributed by atoms with Gasteiger partial charge in [-0.1, -0.05) is 47.5 Å². The number of hydrogen-bond acceptors (Lipinski definition) is 5. The summed E-state index contributed by atoms with van der Waals surface area (Å²) in [5.74, 6) is -0.422. The maximum atomic E-state index is 13.0. The molecule has 32 heavy (non-hydrogen) atoms. The molecule has 0 saturated heterocycles. The number of benzene rings is 2. The Morgan fingerprint density at radius 1 is 1.09 bits per heavy atom. The molecule has 5 rings (SSSR count). The fourth-order valence-corrected chi connectivity index (χ4v) is 4.22. The van der Waals surface area contributed by atoms with Crippen molar-refractivity contribution in [3.05, 3.63) is 85.5 Å². The van der Waals surface area contributed by atoms with Gasteiger partial charge in [0.2, 0.25) is 0 Å². The van der Waals surface area contributed by atoms with Crippen molar-refractivity contribution < 1.29 is 4.79 Å². The number of aromatic amines is 2. The highest BCUT2D eigenvalue weighted by atomic mass is 35.5. The van der Waals surface area contributed by atoms with Gasteiger partial charge < -0.3 is 15.2 Å². The van der Waals surface area contributed by atoms with Gasteiger partial charge in [0.15, 0.2) is 0 Å². The van der Waals surface area contributed by atoms with E-state index in [1.807, 2.05) is 12.1 Å². The van der Waals surface area contributed by atoms with Gasteiger partial charge in [0.25, 0.3) is 5.91 Å². The normalized spacial score (nSPS) is 12.8. The quantitative estimate of drug-likeness (QED) is 0.422. The number of carbonyl (C=O) groups excluding carboxylic acids is 1. The SMILES string of the molecule is Cc1[nH]c(C(=O)Nc2ccc(-n3nn[nH]c3=O)cc2N2Cc3ccccc3C2)c(Cl)c1Cl. The van der Waals surface area contributed by atoms with E-state index in [0.717, 1.165) is 10.4 Å². The lowest BCUT2D eigenvalue weighted by Crippen LogP contribution is -2.21. The summed E-state index contributed by atoms with van der Waals surface area (Å²) in [5.41, 5.74) is 4.53. The lowest BCUT2D eigenvalue weighted by Gasteiger charge is -2.22. The number of hydrogen-bond donors (Lipinski definition) is 3. The van der Waals surface area contributed by atoms with E-state index in [4.69, 9.17) is 23.2 Å². The molecule has 0 spiro atoms. The number of tetrazole rings is 1. The molecular formula is C21H17Cl2N7O2. The highest BCUT2D eigenvalue weighted by Crippen LogP contribution is 2.36. The van der Waals surface area contributed by atoms with Crippen LogP contribution in [0.4, 0.5) is 11.4 Å². The molecule has 1 aliphatic heterocycles. The van der Waals surface area contributed by atoms with Gasteiger partial charge in [0, 0.05) is 18.8 Å². The Kier molecular flexibility index (Phi) is 4.99. The van der Waals surface area contributed by atoms with Crippen molar-refractivity contribution in [1.82, 2.24) is 25.2 Å². The summed E-state index contributed by atoms with van der Waals surface area (Å²) in [5, 5.41) is 13.0. The van der Waals surface area contributed by atoms with Gasteiger partial charge in [-0.25, -0.2) is 9.89 Å². The van der Waals surface area contributed by atoms with Gasteiger partial charge in [0.05, 0.1) is 27.1 Å². The number of nitrogens with one attached hydrogen (secondary N) is 3. The molecule has 1 aliphatic rings. The van der Waals surface area contributed by atoms with Crippen molar-refractivity contribution in [2.45, 2.75) is 20.0 Å². The van der Waals surface area contributed by atoms with Gasteiger partial charge in [-0.05, 0) is 46.7 Å². The molecular weight excluding hydrogens is 453 g/mol. The third-order valence-electron chi connectivity index (χ3n) is 5.41. The molecule has 0 radical (unpaired) electrons. The van der Waals surface area contributed by atoms with Crippen LogP contribution in [0.2, 0.25) is 10.0 Å². The Morgan fingerprint density at radius 2 is 1.81 bits per heavy atom. The number of aryl methyl sites for hydroxylation is 1. The number of carbonyl (C=O) groups is 1. The van der Waals surface area contributed by atoms with Crippen LogP contribution in [0.1, 0.15) is 27.3 Å². The van der Waals surface area contributed by atoms with Gasteiger partial charge >= 0.3 is 5.69 Å². The topological polar surface area (TPSA) is 112 Å². The molecule has 0 atom stereocenters. The van der Waals surface area contributed by atoms with E-state index < -0.39 is 11.6 Å². The van der Waals surface area contributed by atoms with Gasteiger partial charge in [-0.3, -0.25) is 4.79 Å². The number of H-pyrrole nitrogens is 2. The minimum absolute atomic E-state index is 0.169. The second kappa shape index (κ2) is 7.85. The van der Waals surface area contributed by atoms with Crippen LogP contribution >= 0.6 is 23.2 Å². The zero-order chi connectivity index (χ0) is 22.4. The van der Waals surface area contributed by atoms with Crippen molar-refractivity contribution in [1.29, 1.82) is 0 Å². The Labute approximate surface area is 191 Å². The second-order valence-electron chi connectivity index (χ2n) is 7.45. The van der Waals surface area contributed by atoms with Crippen LogP contribution in [0.15, 0.2) is 47.3 Å². The molecule has 0 bridgehead atoms. The predicted molar refractivity (Wildman–Crippen MR) is 122 cm³/mol. The van der Waals surface area contributed by atoms with Crippen LogP contribution in [-0.2, 0) is 13.1 Å². The van der Waals surface area contributed by atoms with E-state index in [1.54, 1.807) is 25.1 Å². The van der Waals surface area contributed by atoms with Crippen molar-refractivity contribution >= 4 is 40.5 Å². The number of halogens is 2. The van der Waals surface area contributed by atoms with Crippen LogP contribution in [0.3, 0.4) is 0 Å². The summed E-state index contributed by atoms with van der Waals surface area (Å²) in [6, 6.07) is 13.3. The molecule has 0 saturated carbocycles. The first-order chi connectivity index (χ1) is 15.4. The Hall–Kier alpha value is -3.56. The number of amides is 1. The van der Waals surface area contributed by atoms with E-state index >= 15 is 0 Å². The molecule has 0 aliphatic carbocycles. The lowest BCUT2D eigenvalue weighted by atomic mass is 10.1. The van der Waals surface area contributed by atoms with E-state index in [1.165, 1.54) is 11.1 Å². The molecule has 1 amide bonds. The smallest absolute Gasteiger partial charge is 0.361 e. The molecule has 0 unspecified atom stereocenters. The largest absolute Gasteiger partial charge is 0.365 e. The number of nitrogens with zero attached hydrogens (tertiary/aromatic N) is 4. The van der Waals surface area contributed by atoms with Gasteiger partial charge in [0.1, 0.15) is 5.69 Å². The van der Waals surface area contributed by atoms with Crippen LogP contribution in [0.25, 0.3) is 5.69 Å².